The molecular weight excluding hydrogens is 458 g/mol. The number of benzene rings is 2. The lowest BCUT2D eigenvalue weighted by molar-refractivity contribution is 0.0469. The van der Waals surface area contributed by atoms with Gasteiger partial charge < -0.3 is 14.2 Å². The number of nitrogens with zero attached hydrogens (tertiary/aromatic N) is 1. The monoisotopic (exact) mass is 481 g/mol. The molecule has 1 heterocycles. The first kappa shape index (κ1) is 24.2. The molecule has 0 amide bonds. The smallest absolute Gasteiger partial charge is 0.338 e. The van der Waals surface area contributed by atoms with Gasteiger partial charge in [-0.1, -0.05) is 11.6 Å². The molecule has 10 heteroatoms. The molecule has 172 valence electrons. The van der Waals surface area contributed by atoms with Crippen molar-refractivity contribution in [1.82, 2.24) is 4.31 Å². The van der Waals surface area contributed by atoms with Gasteiger partial charge >= 0.3 is 5.97 Å². The summed E-state index contributed by atoms with van der Waals surface area (Å²) in [6, 6.07) is 8.87. The Morgan fingerprint density at radius 1 is 1.09 bits per heavy atom. The van der Waals surface area contributed by atoms with Crippen molar-refractivity contribution in [2.45, 2.75) is 25.3 Å². The molecular formula is C22H24ClNO7S. The van der Waals surface area contributed by atoms with Crippen molar-refractivity contribution in [1.29, 1.82) is 0 Å². The maximum Gasteiger partial charge on any atom is 0.338 e. The summed E-state index contributed by atoms with van der Waals surface area (Å²) in [4.78, 5) is 24.2. The summed E-state index contributed by atoms with van der Waals surface area (Å²) >= 11 is 6.14. The van der Waals surface area contributed by atoms with Crippen LogP contribution >= 0.6 is 11.6 Å². The molecule has 0 atom stereocenters. The van der Waals surface area contributed by atoms with Gasteiger partial charge in [-0.05, 0) is 50.2 Å². The maximum absolute atomic E-state index is 13.0. The zero-order valence-corrected chi connectivity index (χ0v) is 19.4. The quantitative estimate of drug-likeness (QED) is 0.421. The number of esters is 1. The fourth-order valence-corrected chi connectivity index (χ4v) is 5.10. The van der Waals surface area contributed by atoms with Crippen LogP contribution in [0, 0.1) is 0 Å². The topological polar surface area (TPSA) is 99.2 Å². The Morgan fingerprint density at radius 3 is 2.44 bits per heavy atom. The summed E-state index contributed by atoms with van der Waals surface area (Å²) in [6.45, 7) is 4.51. The fraction of sp³-hybridized carbons (Fsp3) is 0.364. The van der Waals surface area contributed by atoms with Crippen LogP contribution in [0.3, 0.4) is 0 Å². The number of Topliss-reactive ketones (excluding diaryl/α,β-unsaturated/α-hetero) is 1. The zero-order chi connectivity index (χ0) is 23.3. The van der Waals surface area contributed by atoms with Crippen molar-refractivity contribution in [3.05, 3.63) is 58.1 Å². The number of carbonyl (C=O) groups excluding carboxylic acids is 2. The van der Waals surface area contributed by atoms with Crippen molar-refractivity contribution < 1.29 is 32.2 Å². The van der Waals surface area contributed by atoms with Gasteiger partial charge in [-0.3, -0.25) is 4.79 Å². The van der Waals surface area contributed by atoms with Crippen LogP contribution < -0.4 is 4.74 Å². The van der Waals surface area contributed by atoms with Gasteiger partial charge in [0, 0.05) is 24.2 Å². The third-order valence-electron chi connectivity index (χ3n) is 4.88. The molecule has 1 saturated heterocycles. The van der Waals surface area contributed by atoms with E-state index in [0.717, 1.165) is 0 Å². The third-order valence-corrected chi connectivity index (χ3v) is 7.26. The zero-order valence-electron chi connectivity index (χ0n) is 17.8. The molecule has 0 spiro atoms. The number of hydrogen-bond acceptors (Lipinski definition) is 7. The van der Waals surface area contributed by atoms with E-state index in [1.54, 1.807) is 18.2 Å². The van der Waals surface area contributed by atoms with Crippen molar-refractivity contribution in [3.63, 3.8) is 0 Å². The molecule has 0 saturated carbocycles. The first-order valence-electron chi connectivity index (χ1n) is 10.0. The molecule has 2 aromatic rings. The minimum atomic E-state index is -3.89. The van der Waals surface area contributed by atoms with E-state index < -0.39 is 16.0 Å². The molecule has 1 fully saturated rings. The molecule has 1 aliphatic rings. The Morgan fingerprint density at radius 2 is 1.78 bits per heavy atom. The molecule has 1 aliphatic heterocycles. The van der Waals surface area contributed by atoms with E-state index in [9.17, 15) is 18.0 Å². The Labute approximate surface area is 192 Å². The number of hydrogen-bond donors (Lipinski definition) is 0. The number of halogens is 1. The molecule has 0 aliphatic carbocycles. The molecule has 0 bridgehead atoms. The maximum atomic E-state index is 13.0. The van der Waals surface area contributed by atoms with Crippen molar-refractivity contribution in [3.8, 4) is 5.75 Å². The van der Waals surface area contributed by atoms with Crippen molar-refractivity contribution >= 4 is 33.4 Å². The number of rotatable bonds is 8. The molecule has 0 N–H and O–H groups in total. The standard InChI is InChI=1S/C22H24ClNO7S/c1-3-30-20-7-5-16(15(2)25)12-18(20)14-31-22(26)17-4-6-19(23)21(13-17)32(27,28)24-8-10-29-11-9-24/h4-7,12-13H,3,8-11,14H2,1-2H3. The largest absolute Gasteiger partial charge is 0.493 e. The molecule has 8 nitrogen and oxygen atoms in total. The normalized spacial score (nSPS) is 14.7. The van der Waals surface area contributed by atoms with Gasteiger partial charge in [0.05, 0.1) is 30.4 Å². The van der Waals surface area contributed by atoms with Gasteiger partial charge in [-0.2, -0.15) is 4.31 Å². The molecule has 0 radical (unpaired) electrons. The van der Waals surface area contributed by atoms with E-state index in [0.29, 0.717) is 36.7 Å². The summed E-state index contributed by atoms with van der Waals surface area (Å²) < 4.78 is 43.3. The summed E-state index contributed by atoms with van der Waals surface area (Å²) in [6.07, 6.45) is 0. The van der Waals surface area contributed by atoms with Crippen LogP contribution in [-0.4, -0.2) is 57.4 Å². The van der Waals surface area contributed by atoms with E-state index in [2.05, 4.69) is 0 Å². The molecule has 32 heavy (non-hydrogen) atoms. The number of ether oxygens (including phenoxy) is 3. The van der Waals surface area contributed by atoms with E-state index in [1.807, 2.05) is 6.92 Å². The van der Waals surface area contributed by atoms with Crippen LogP contribution in [0.1, 0.15) is 40.1 Å². The number of morpholine rings is 1. The average molecular weight is 482 g/mol. The third kappa shape index (κ3) is 5.47. The van der Waals surface area contributed by atoms with Crippen LogP contribution in [0.2, 0.25) is 5.02 Å². The van der Waals surface area contributed by atoms with Crippen LogP contribution in [0.4, 0.5) is 0 Å². The second kappa shape index (κ2) is 10.4. The van der Waals surface area contributed by atoms with E-state index in [-0.39, 0.29) is 41.0 Å². The Hall–Kier alpha value is -2.46. The van der Waals surface area contributed by atoms with Gasteiger partial charge in [-0.15, -0.1) is 0 Å². The lowest BCUT2D eigenvalue weighted by Crippen LogP contribution is -2.40. The molecule has 3 rings (SSSR count). The first-order chi connectivity index (χ1) is 15.2. The van der Waals surface area contributed by atoms with Crippen LogP contribution in [-0.2, 0) is 26.1 Å². The van der Waals surface area contributed by atoms with Crippen molar-refractivity contribution in [2.24, 2.45) is 0 Å². The van der Waals surface area contributed by atoms with Crippen LogP contribution in [0.25, 0.3) is 0 Å². The highest BCUT2D eigenvalue weighted by molar-refractivity contribution is 7.89. The van der Waals surface area contributed by atoms with Crippen molar-refractivity contribution in [2.75, 3.05) is 32.9 Å². The van der Waals surface area contributed by atoms with Gasteiger partial charge in [0.15, 0.2) is 5.78 Å². The minimum Gasteiger partial charge on any atom is -0.493 e. The second-order valence-corrected chi connectivity index (χ2v) is 9.36. The number of ketones is 1. The van der Waals surface area contributed by atoms with Crippen LogP contribution in [0.15, 0.2) is 41.3 Å². The van der Waals surface area contributed by atoms with E-state index in [4.69, 9.17) is 25.8 Å². The number of sulfonamides is 1. The second-order valence-electron chi connectivity index (χ2n) is 7.05. The summed E-state index contributed by atoms with van der Waals surface area (Å²) in [5.74, 6) is -0.357. The van der Waals surface area contributed by atoms with E-state index >= 15 is 0 Å². The van der Waals surface area contributed by atoms with Gasteiger partial charge in [-0.25, -0.2) is 13.2 Å². The first-order valence-corrected chi connectivity index (χ1v) is 11.9. The Kier molecular flexibility index (Phi) is 7.89. The fourth-order valence-electron chi connectivity index (χ4n) is 3.19. The van der Waals surface area contributed by atoms with Gasteiger partial charge in [0.1, 0.15) is 17.3 Å². The highest BCUT2D eigenvalue weighted by Gasteiger charge is 2.29. The Balaban J connectivity index is 1.81. The van der Waals surface area contributed by atoms with Gasteiger partial charge in [0.2, 0.25) is 10.0 Å². The predicted octanol–water partition coefficient (Wildman–Crippen LogP) is 3.32. The lowest BCUT2D eigenvalue weighted by Gasteiger charge is -2.26. The SMILES string of the molecule is CCOc1ccc(C(C)=O)cc1COC(=O)c1ccc(Cl)c(S(=O)(=O)N2CCOCC2)c1. The highest BCUT2D eigenvalue weighted by Crippen LogP contribution is 2.27. The minimum absolute atomic E-state index is 0.0147. The number of carbonyl (C=O) groups is 2. The summed E-state index contributed by atoms with van der Waals surface area (Å²) in [5, 5.41) is 0.0147. The lowest BCUT2D eigenvalue weighted by atomic mass is 10.1. The molecule has 0 unspecified atom stereocenters. The summed E-state index contributed by atoms with van der Waals surface area (Å²) in [5.41, 5.74) is 1.04. The summed E-state index contributed by atoms with van der Waals surface area (Å²) in [7, 11) is -3.89. The molecule has 2 aromatic carbocycles. The Bertz CT molecular complexity index is 1110. The predicted molar refractivity (Wildman–Crippen MR) is 118 cm³/mol. The molecule has 0 aromatic heterocycles. The van der Waals surface area contributed by atoms with Crippen LogP contribution in [0.5, 0.6) is 5.75 Å². The highest BCUT2D eigenvalue weighted by atomic mass is 35.5. The van der Waals surface area contributed by atoms with Gasteiger partial charge in [0.25, 0.3) is 0 Å². The van der Waals surface area contributed by atoms with E-state index in [1.165, 1.54) is 29.4 Å². The average Bonchev–Trinajstić information content (AvgIpc) is 2.79.